The van der Waals surface area contributed by atoms with Crippen molar-refractivity contribution < 1.29 is 4.79 Å². The number of imidazole rings is 1. The van der Waals surface area contributed by atoms with Gasteiger partial charge in [-0.1, -0.05) is 13.0 Å². The lowest BCUT2D eigenvalue weighted by molar-refractivity contribution is -0.121. The SMILES string of the molecule is CCCn1c(CCC(=O)NCCc2cccs2)nc2cccnc21. The van der Waals surface area contributed by atoms with Gasteiger partial charge in [-0.3, -0.25) is 4.79 Å². The molecule has 6 heteroatoms. The number of hydrogen-bond donors (Lipinski definition) is 1. The van der Waals surface area contributed by atoms with Crippen molar-refractivity contribution >= 4 is 28.4 Å². The van der Waals surface area contributed by atoms with Crippen LogP contribution in [0.2, 0.25) is 0 Å². The molecule has 1 N–H and O–H groups in total. The Hall–Kier alpha value is -2.21. The van der Waals surface area contributed by atoms with Gasteiger partial charge < -0.3 is 9.88 Å². The normalized spacial score (nSPS) is 11.0. The molecule has 0 atom stereocenters. The standard InChI is InChI=1S/C18H22N4OS/c1-2-12-22-16(21-15-6-3-10-20-18(15)22)7-8-17(23)19-11-9-14-5-4-13-24-14/h3-6,10,13H,2,7-9,11-12H2,1H3,(H,19,23). The smallest absolute Gasteiger partial charge is 0.220 e. The first-order valence-corrected chi connectivity index (χ1v) is 9.25. The maximum absolute atomic E-state index is 12.1. The monoisotopic (exact) mass is 342 g/mol. The minimum atomic E-state index is 0.0784. The molecule has 24 heavy (non-hydrogen) atoms. The molecule has 0 aliphatic carbocycles. The summed E-state index contributed by atoms with van der Waals surface area (Å²) in [5, 5.41) is 5.05. The average Bonchev–Trinajstić information content (AvgIpc) is 3.22. The van der Waals surface area contributed by atoms with Gasteiger partial charge in [0.15, 0.2) is 5.65 Å². The largest absolute Gasteiger partial charge is 0.356 e. The number of carbonyl (C=O) groups excluding carboxylic acids is 1. The fraction of sp³-hybridized carbons (Fsp3) is 0.389. The van der Waals surface area contributed by atoms with E-state index in [-0.39, 0.29) is 5.91 Å². The molecule has 126 valence electrons. The van der Waals surface area contributed by atoms with E-state index >= 15 is 0 Å². The second-order valence-corrected chi connectivity index (χ2v) is 6.74. The Morgan fingerprint density at radius 3 is 3.00 bits per heavy atom. The molecule has 3 aromatic heterocycles. The molecule has 0 spiro atoms. The molecule has 0 bridgehead atoms. The Morgan fingerprint density at radius 1 is 1.29 bits per heavy atom. The van der Waals surface area contributed by atoms with Gasteiger partial charge in [-0.15, -0.1) is 11.3 Å². The second-order valence-electron chi connectivity index (χ2n) is 5.71. The highest BCUT2D eigenvalue weighted by molar-refractivity contribution is 7.09. The second kappa shape index (κ2) is 8.06. The molecule has 0 aliphatic rings. The van der Waals surface area contributed by atoms with Gasteiger partial charge >= 0.3 is 0 Å². The van der Waals surface area contributed by atoms with E-state index in [1.165, 1.54) is 4.88 Å². The first-order valence-electron chi connectivity index (χ1n) is 8.37. The molecule has 0 radical (unpaired) electrons. The van der Waals surface area contributed by atoms with E-state index in [0.29, 0.717) is 19.4 Å². The van der Waals surface area contributed by atoms with Crippen molar-refractivity contribution in [1.82, 2.24) is 19.9 Å². The Balaban J connectivity index is 1.56. The Morgan fingerprint density at radius 2 is 2.21 bits per heavy atom. The van der Waals surface area contributed by atoms with Crippen molar-refractivity contribution in [2.24, 2.45) is 0 Å². The third-order valence-electron chi connectivity index (χ3n) is 3.88. The zero-order chi connectivity index (χ0) is 16.8. The van der Waals surface area contributed by atoms with E-state index in [9.17, 15) is 4.79 Å². The number of amides is 1. The van der Waals surface area contributed by atoms with Gasteiger partial charge in [-0.05, 0) is 36.4 Å². The van der Waals surface area contributed by atoms with Crippen molar-refractivity contribution in [3.8, 4) is 0 Å². The van der Waals surface area contributed by atoms with Crippen molar-refractivity contribution in [1.29, 1.82) is 0 Å². The van der Waals surface area contributed by atoms with E-state index in [2.05, 4.69) is 38.2 Å². The predicted octanol–water partition coefficient (Wildman–Crippen LogP) is 3.19. The number of hydrogen-bond acceptors (Lipinski definition) is 4. The third kappa shape index (κ3) is 4.00. The molecule has 0 aliphatic heterocycles. The molecule has 0 aromatic carbocycles. The van der Waals surface area contributed by atoms with Crippen LogP contribution in [-0.4, -0.2) is 27.0 Å². The van der Waals surface area contributed by atoms with Crippen LogP contribution in [0.1, 0.15) is 30.5 Å². The van der Waals surface area contributed by atoms with Crippen LogP contribution in [0.4, 0.5) is 0 Å². The predicted molar refractivity (Wildman–Crippen MR) is 97.2 cm³/mol. The van der Waals surface area contributed by atoms with Crippen LogP contribution >= 0.6 is 11.3 Å². The van der Waals surface area contributed by atoms with Gasteiger partial charge in [0.1, 0.15) is 11.3 Å². The molecule has 3 aromatic rings. The zero-order valence-electron chi connectivity index (χ0n) is 13.9. The molecule has 0 saturated heterocycles. The molecule has 0 fully saturated rings. The fourth-order valence-electron chi connectivity index (χ4n) is 2.75. The summed E-state index contributed by atoms with van der Waals surface area (Å²) in [6.45, 7) is 3.70. The first-order chi connectivity index (χ1) is 11.8. The van der Waals surface area contributed by atoms with Crippen LogP contribution in [0.25, 0.3) is 11.2 Å². The summed E-state index contributed by atoms with van der Waals surface area (Å²) in [5.74, 6) is 1.02. The summed E-state index contributed by atoms with van der Waals surface area (Å²) < 4.78 is 2.13. The Labute approximate surface area is 145 Å². The number of nitrogens with one attached hydrogen (secondary N) is 1. The van der Waals surface area contributed by atoms with Gasteiger partial charge in [0.2, 0.25) is 5.91 Å². The summed E-state index contributed by atoms with van der Waals surface area (Å²) in [6, 6.07) is 8.00. The lowest BCUT2D eigenvalue weighted by Gasteiger charge is -2.07. The van der Waals surface area contributed by atoms with Crippen molar-refractivity contribution in [2.75, 3.05) is 6.54 Å². The number of rotatable bonds is 8. The number of carbonyl (C=O) groups is 1. The quantitative estimate of drug-likeness (QED) is 0.684. The lowest BCUT2D eigenvalue weighted by atomic mass is 10.2. The Bertz CT molecular complexity index is 795. The third-order valence-corrected chi connectivity index (χ3v) is 4.82. The van der Waals surface area contributed by atoms with E-state index in [4.69, 9.17) is 0 Å². The number of nitrogens with zero attached hydrogens (tertiary/aromatic N) is 3. The minimum Gasteiger partial charge on any atom is -0.356 e. The van der Waals surface area contributed by atoms with Crippen molar-refractivity contribution in [3.05, 3.63) is 46.5 Å². The molecule has 5 nitrogen and oxygen atoms in total. The topological polar surface area (TPSA) is 59.8 Å². The van der Waals surface area contributed by atoms with Crippen LogP contribution in [0, 0.1) is 0 Å². The zero-order valence-corrected chi connectivity index (χ0v) is 14.7. The maximum Gasteiger partial charge on any atom is 0.220 e. The van der Waals surface area contributed by atoms with E-state index in [1.807, 2.05) is 18.2 Å². The highest BCUT2D eigenvalue weighted by Gasteiger charge is 2.12. The highest BCUT2D eigenvalue weighted by atomic mass is 32.1. The van der Waals surface area contributed by atoms with Crippen LogP contribution in [0.5, 0.6) is 0 Å². The van der Waals surface area contributed by atoms with Gasteiger partial charge in [-0.2, -0.15) is 0 Å². The maximum atomic E-state index is 12.1. The molecular formula is C18H22N4OS. The number of aryl methyl sites for hydroxylation is 2. The summed E-state index contributed by atoms with van der Waals surface area (Å²) >= 11 is 1.72. The summed E-state index contributed by atoms with van der Waals surface area (Å²) in [6.07, 6.45) is 4.79. The van der Waals surface area contributed by atoms with Crippen molar-refractivity contribution in [3.63, 3.8) is 0 Å². The summed E-state index contributed by atoms with van der Waals surface area (Å²) in [5.41, 5.74) is 1.81. The van der Waals surface area contributed by atoms with Crippen LogP contribution in [-0.2, 0) is 24.2 Å². The lowest BCUT2D eigenvalue weighted by Crippen LogP contribution is -2.26. The minimum absolute atomic E-state index is 0.0784. The first kappa shape index (κ1) is 16.6. The van der Waals surface area contributed by atoms with Gasteiger partial charge in [0, 0.05) is 37.0 Å². The van der Waals surface area contributed by atoms with Crippen LogP contribution in [0.15, 0.2) is 35.8 Å². The molecule has 0 saturated carbocycles. The van der Waals surface area contributed by atoms with Crippen molar-refractivity contribution in [2.45, 2.75) is 39.2 Å². The molecular weight excluding hydrogens is 320 g/mol. The number of thiophene rings is 1. The van der Waals surface area contributed by atoms with Crippen LogP contribution < -0.4 is 5.32 Å². The van der Waals surface area contributed by atoms with Gasteiger partial charge in [-0.25, -0.2) is 9.97 Å². The molecule has 1 amide bonds. The van der Waals surface area contributed by atoms with E-state index in [1.54, 1.807) is 17.5 Å². The van der Waals surface area contributed by atoms with Gasteiger partial charge in [0.25, 0.3) is 0 Å². The summed E-state index contributed by atoms with van der Waals surface area (Å²) in [7, 11) is 0. The average molecular weight is 342 g/mol. The number of fused-ring (bicyclic) bond motifs is 1. The molecule has 3 heterocycles. The molecule has 0 unspecified atom stereocenters. The number of aromatic nitrogens is 3. The molecule has 3 rings (SSSR count). The number of pyridine rings is 1. The van der Waals surface area contributed by atoms with Crippen LogP contribution in [0.3, 0.4) is 0 Å². The van der Waals surface area contributed by atoms with E-state index < -0.39 is 0 Å². The van der Waals surface area contributed by atoms with E-state index in [0.717, 1.165) is 36.4 Å². The Kier molecular flexibility index (Phi) is 5.59. The summed E-state index contributed by atoms with van der Waals surface area (Å²) in [4.78, 5) is 22.4. The fourth-order valence-corrected chi connectivity index (χ4v) is 3.46. The van der Waals surface area contributed by atoms with Gasteiger partial charge in [0.05, 0.1) is 0 Å². The highest BCUT2D eigenvalue weighted by Crippen LogP contribution is 2.15.